The summed E-state index contributed by atoms with van der Waals surface area (Å²) in [6, 6.07) is 5.61. The molecule has 0 heterocycles. The van der Waals surface area contributed by atoms with E-state index in [-0.39, 0.29) is 5.78 Å². The second kappa shape index (κ2) is 6.97. The van der Waals surface area contributed by atoms with E-state index in [1.807, 2.05) is 25.1 Å². The van der Waals surface area contributed by atoms with Gasteiger partial charge < -0.3 is 9.47 Å². The summed E-state index contributed by atoms with van der Waals surface area (Å²) in [7, 11) is 1.53. The molecule has 0 aliphatic carbocycles. The number of ether oxygens (including phenoxy) is 2. The maximum Gasteiger partial charge on any atom is 0.163 e. The van der Waals surface area contributed by atoms with Gasteiger partial charge in [0.15, 0.2) is 5.78 Å². The molecule has 3 heteroatoms. The Morgan fingerprint density at radius 3 is 2.72 bits per heavy atom. The highest BCUT2D eigenvalue weighted by Gasteiger charge is 2.17. The normalized spacial score (nSPS) is 11.9. The lowest BCUT2D eigenvalue weighted by Gasteiger charge is -2.15. The Kier molecular flexibility index (Phi) is 5.59. The third kappa shape index (κ3) is 3.44. The van der Waals surface area contributed by atoms with E-state index in [0.717, 1.165) is 23.3 Å². The molecule has 1 rings (SSSR count). The molecule has 0 aliphatic rings. The average Bonchev–Trinajstić information content (AvgIpc) is 2.37. The summed E-state index contributed by atoms with van der Waals surface area (Å²) in [5.41, 5.74) is 1.73. The lowest BCUT2D eigenvalue weighted by atomic mass is 10.0. The van der Waals surface area contributed by atoms with Crippen LogP contribution in [0.25, 0.3) is 6.08 Å². The molecule has 0 saturated carbocycles. The quantitative estimate of drug-likeness (QED) is 0.742. The van der Waals surface area contributed by atoms with E-state index in [9.17, 15) is 4.79 Å². The number of hydrogen-bond acceptors (Lipinski definition) is 3. The number of ketones is 1. The van der Waals surface area contributed by atoms with Crippen LogP contribution in [0.4, 0.5) is 0 Å². The van der Waals surface area contributed by atoms with E-state index in [4.69, 9.17) is 9.47 Å². The molecule has 0 fully saturated rings. The standard InChI is InChI=1S/C15H20O3/c1-5-9-18-14-10-13(8-7-12(14)6-2)15(17-4)11(3)16/h6-8,10,15H,2,5,9H2,1,3-4H3. The molecule has 3 nitrogen and oxygen atoms in total. The van der Waals surface area contributed by atoms with Gasteiger partial charge in [-0.15, -0.1) is 0 Å². The minimum Gasteiger partial charge on any atom is -0.493 e. The SMILES string of the molecule is C=Cc1ccc(C(OC)C(C)=O)cc1OCCC. The number of benzene rings is 1. The van der Waals surface area contributed by atoms with Gasteiger partial charge in [0.25, 0.3) is 0 Å². The molecule has 1 aromatic carbocycles. The van der Waals surface area contributed by atoms with E-state index in [0.29, 0.717) is 6.61 Å². The summed E-state index contributed by atoms with van der Waals surface area (Å²) in [5, 5.41) is 0. The third-order valence-electron chi connectivity index (χ3n) is 2.63. The lowest BCUT2D eigenvalue weighted by molar-refractivity contribution is -0.126. The van der Waals surface area contributed by atoms with E-state index >= 15 is 0 Å². The smallest absolute Gasteiger partial charge is 0.163 e. The second-order valence-electron chi connectivity index (χ2n) is 4.08. The van der Waals surface area contributed by atoms with Crippen molar-refractivity contribution < 1.29 is 14.3 Å². The number of carbonyl (C=O) groups excluding carboxylic acids is 1. The van der Waals surface area contributed by atoms with Crippen molar-refractivity contribution in [3.63, 3.8) is 0 Å². The summed E-state index contributed by atoms with van der Waals surface area (Å²) in [6.45, 7) is 7.95. The van der Waals surface area contributed by atoms with Crippen LogP contribution in [-0.4, -0.2) is 19.5 Å². The molecule has 0 amide bonds. The summed E-state index contributed by atoms with van der Waals surface area (Å²) in [4.78, 5) is 11.5. The molecule has 0 aliphatic heterocycles. The van der Waals surface area contributed by atoms with Gasteiger partial charge in [-0.25, -0.2) is 0 Å². The van der Waals surface area contributed by atoms with Crippen LogP contribution < -0.4 is 4.74 Å². The van der Waals surface area contributed by atoms with Crippen LogP contribution in [0, 0.1) is 0 Å². The molecule has 0 aromatic heterocycles. The predicted octanol–water partition coefficient (Wildman–Crippen LogP) is 3.39. The average molecular weight is 248 g/mol. The number of methoxy groups -OCH3 is 1. The van der Waals surface area contributed by atoms with E-state index in [2.05, 4.69) is 6.58 Å². The van der Waals surface area contributed by atoms with Gasteiger partial charge in [-0.3, -0.25) is 4.79 Å². The summed E-state index contributed by atoms with van der Waals surface area (Å²) in [6.07, 6.45) is 2.14. The third-order valence-corrected chi connectivity index (χ3v) is 2.63. The first-order chi connectivity index (χ1) is 8.63. The largest absolute Gasteiger partial charge is 0.493 e. The van der Waals surface area contributed by atoms with E-state index in [1.165, 1.54) is 14.0 Å². The Balaban J connectivity index is 3.08. The van der Waals surface area contributed by atoms with Crippen molar-refractivity contribution in [2.75, 3.05) is 13.7 Å². The van der Waals surface area contributed by atoms with Crippen LogP contribution in [0.5, 0.6) is 5.75 Å². The molecule has 0 spiro atoms. The summed E-state index contributed by atoms with van der Waals surface area (Å²) >= 11 is 0. The Bertz CT molecular complexity index is 424. The van der Waals surface area contributed by atoms with Gasteiger partial charge in [-0.1, -0.05) is 31.7 Å². The van der Waals surface area contributed by atoms with Gasteiger partial charge >= 0.3 is 0 Å². The molecule has 0 saturated heterocycles. The Hall–Kier alpha value is -1.61. The molecule has 1 aromatic rings. The van der Waals surface area contributed by atoms with Crippen molar-refractivity contribution in [2.45, 2.75) is 26.4 Å². The number of rotatable bonds is 7. The van der Waals surface area contributed by atoms with Crippen molar-refractivity contribution in [1.82, 2.24) is 0 Å². The van der Waals surface area contributed by atoms with Crippen molar-refractivity contribution in [3.05, 3.63) is 35.9 Å². The van der Waals surface area contributed by atoms with Crippen molar-refractivity contribution in [2.24, 2.45) is 0 Å². The van der Waals surface area contributed by atoms with Gasteiger partial charge in [0.05, 0.1) is 6.61 Å². The highest BCUT2D eigenvalue weighted by atomic mass is 16.5. The van der Waals surface area contributed by atoms with Crippen LogP contribution in [0.15, 0.2) is 24.8 Å². The Morgan fingerprint density at radius 1 is 1.50 bits per heavy atom. The van der Waals surface area contributed by atoms with Crippen LogP contribution in [0.1, 0.15) is 37.5 Å². The molecule has 1 unspecified atom stereocenters. The fourth-order valence-electron chi connectivity index (χ4n) is 1.76. The predicted molar refractivity (Wildman–Crippen MR) is 72.8 cm³/mol. The van der Waals surface area contributed by atoms with Crippen molar-refractivity contribution in [1.29, 1.82) is 0 Å². The highest BCUT2D eigenvalue weighted by Crippen LogP contribution is 2.27. The number of Topliss-reactive ketones (excluding diaryl/α,β-unsaturated/α-hetero) is 1. The lowest BCUT2D eigenvalue weighted by Crippen LogP contribution is -2.11. The fraction of sp³-hybridized carbons (Fsp3) is 0.400. The van der Waals surface area contributed by atoms with E-state index < -0.39 is 6.10 Å². The molecule has 1 atom stereocenters. The van der Waals surface area contributed by atoms with Crippen LogP contribution in [0.2, 0.25) is 0 Å². The first-order valence-corrected chi connectivity index (χ1v) is 6.06. The van der Waals surface area contributed by atoms with Gasteiger partial charge in [0.1, 0.15) is 11.9 Å². The topological polar surface area (TPSA) is 35.5 Å². The van der Waals surface area contributed by atoms with Crippen molar-refractivity contribution >= 4 is 11.9 Å². The Morgan fingerprint density at radius 2 is 2.22 bits per heavy atom. The summed E-state index contributed by atoms with van der Waals surface area (Å²) in [5.74, 6) is 0.720. The maximum atomic E-state index is 11.5. The second-order valence-corrected chi connectivity index (χ2v) is 4.08. The Labute approximate surface area is 108 Å². The van der Waals surface area contributed by atoms with Gasteiger partial charge in [0, 0.05) is 12.7 Å². The fourth-order valence-corrected chi connectivity index (χ4v) is 1.76. The highest BCUT2D eigenvalue weighted by molar-refractivity contribution is 5.82. The zero-order valence-electron chi connectivity index (χ0n) is 11.2. The van der Waals surface area contributed by atoms with E-state index in [1.54, 1.807) is 6.08 Å². The molecular weight excluding hydrogens is 228 g/mol. The van der Waals surface area contributed by atoms with Crippen LogP contribution >= 0.6 is 0 Å². The minimum atomic E-state index is -0.534. The summed E-state index contributed by atoms with van der Waals surface area (Å²) < 4.78 is 10.9. The molecule has 0 radical (unpaired) electrons. The molecule has 0 N–H and O–H groups in total. The zero-order chi connectivity index (χ0) is 13.5. The van der Waals surface area contributed by atoms with Crippen molar-refractivity contribution in [3.8, 4) is 5.75 Å². The van der Waals surface area contributed by atoms with Crippen LogP contribution in [0.3, 0.4) is 0 Å². The first kappa shape index (κ1) is 14.5. The first-order valence-electron chi connectivity index (χ1n) is 6.06. The maximum absolute atomic E-state index is 11.5. The zero-order valence-corrected chi connectivity index (χ0v) is 11.2. The molecule has 18 heavy (non-hydrogen) atoms. The monoisotopic (exact) mass is 248 g/mol. The molecular formula is C15H20O3. The molecule has 0 bridgehead atoms. The van der Waals surface area contributed by atoms with Gasteiger partial charge in [-0.2, -0.15) is 0 Å². The minimum absolute atomic E-state index is 0.0229. The number of hydrogen-bond donors (Lipinski definition) is 0. The van der Waals surface area contributed by atoms with Gasteiger partial charge in [0.2, 0.25) is 0 Å². The molecule has 98 valence electrons. The van der Waals surface area contributed by atoms with Crippen LogP contribution in [-0.2, 0) is 9.53 Å². The number of carbonyl (C=O) groups is 1. The van der Waals surface area contributed by atoms with Gasteiger partial charge in [-0.05, 0) is 25.0 Å².